The van der Waals surface area contributed by atoms with Gasteiger partial charge in [-0.05, 0) is 68.3 Å². The standard InChI is InChI=1S/C24H31N3O5/c1-2-30-14-15-32-21-11-9-20(10-12-21)27-23(28)17-25-19-7-5-18(6-8-19)24(29)26-16-22-4-3-13-31-22/h5-12,22,25H,2-4,13-17H2,1H3,(H,26,29)(H,27,28). The third-order valence-electron chi connectivity index (χ3n) is 4.95. The largest absolute Gasteiger partial charge is 0.491 e. The maximum absolute atomic E-state index is 12.2. The zero-order valence-corrected chi connectivity index (χ0v) is 18.4. The zero-order valence-electron chi connectivity index (χ0n) is 18.4. The highest BCUT2D eigenvalue weighted by Crippen LogP contribution is 2.16. The van der Waals surface area contributed by atoms with Crippen LogP contribution in [0.2, 0.25) is 0 Å². The summed E-state index contributed by atoms with van der Waals surface area (Å²) >= 11 is 0. The quantitative estimate of drug-likeness (QED) is 0.438. The Bertz CT molecular complexity index is 849. The van der Waals surface area contributed by atoms with Crippen molar-refractivity contribution in [3.63, 3.8) is 0 Å². The number of amides is 2. The van der Waals surface area contributed by atoms with E-state index in [1.54, 1.807) is 48.5 Å². The molecule has 8 nitrogen and oxygen atoms in total. The van der Waals surface area contributed by atoms with E-state index in [2.05, 4.69) is 16.0 Å². The van der Waals surface area contributed by atoms with Gasteiger partial charge in [0.1, 0.15) is 12.4 Å². The van der Waals surface area contributed by atoms with E-state index in [1.807, 2.05) is 6.92 Å². The highest BCUT2D eigenvalue weighted by Gasteiger charge is 2.16. The maximum Gasteiger partial charge on any atom is 0.251 e. The first-order valence-corrected chi connectivity index (χ1v) is 11.0. The third-order valence-corrected chi connectivity index (χ3v) is 4.95. The van der Waals surface area contributed by atoms with Crippen molar-refractivity contribution in [1.29, 1.82) is 0 Å². The van der Waals surface area contributed by atoms with Crippen molar-refractivity contribution in [3.8, 4) is 5.75 Å². The van der Waals surface area contributed by atoms with Crippen LogP contribution < -0.4 is 20.7 Å². The molecule has 2 amide bonds. The number of benzene rings is 2. The molecule has 0 spiro atoms. The Hall–Kier alpha value is -3.10. The average Bonchev–Trinajstić information content (AvgIpc) is 3.34. The van der Waals surface area contributed by atoms with Crippen molar-refractivity contribution in [1.82, 2.24) is 5.32 Å². The van der Waals surface area contributed by atoms with Crippen LogP contribution in [0.5, 0.6) is 5.75 Å². The van der Waals surface area contributed by atoms with Crippen molar-refractivity contribution >= 4 is 23.2 Å². The van der Waals surface area contributed by atoms with Crippen LogP contribution in [0.15, 0.2) is 48.5 Å². The van der Waals surface area contributed by atoms with Gasteiger partial charge in [0.05, 0.1) is 19.3 Å². The van der Waals surface area contributed by atoms with Gasteiger partial charge in [0, 0.05) is 36.7 Å². The molecule has 2 aromatic rings. The normalized spacial score (nSPS) is 15.2. The molecule has 0 saturated carbocycles. The highest BCUT2D eigenvalue weighted by molar-refractivity contribution is 5.95. The lowest BCUT2D eigenvalue weighted by molar-refractivity contribution is -0.114. The van der Waals surface area contributed by atoms with Gasteiger partial charge in [-0.3, -0.25) is 9.59 Å². The predicted octanol–water partition coefficient (Wildman–Crippen LogP) is 3.06. The number of hydrogen-bond acceptors (Lipinski definition) is 6. The number of nitrogens with one attached hydrogen (secondary N) is 3. The molecule has 3 rings (SSSR count). The molecule has 2 aromatic carbocycles. The Balaban J connectivity index is 1.37. The fourth-order valence-electron chi connectivity index (χ4n) is 3.24. The molecule has 1 saturated heterocycles. The Morgan fingerprint density at radius 3 is 2.47 bits per heavy atom. The second-order valence-electron chi connectivity index (χ2n) is 7.39. The summed E-state index contributed by atoms with van der Waals surface area (Å²) in [6.07, 6.45) is 2.14. The molecule has 3 N–H and O–H groups in total. The first kappa shape index (κ1) is 23.6. The van der Waals surface area contributed by atoms with E-state index in [-0.39, 0.29) is 24.5 Å². The summed E-state index contributed by atoms with van der Waals surface area (Å²) in [4.78, 5) is 24.4. The van der Waals surface area contributed by atoms with Crippen LogP contribution in [-0.4, -0.2) is 57.4 Å². The van der Waals surface area contributed by atoms with Gasteiger partial charge in [-0.15, -0.1) is 0 Å². The van der Waals surface area contributed by atoms with Crippen LogP contribution >= 0.6 is 0 Å². The van der Waals surface area contributed by atoms with Gasteiger partial charge in [0.25, 0.3) is 5.91 Å². The fraction of sp³-hybridized carbons (Fsp3) is 0.417. The molecule has 1 fully saturated rings. The van der Waals surface area contributed by atoms with Crippen molar-refractivity contribution in [2.75, 3.05) is 50.2 Å². The predicted molar refractivity (Wildman–Crippen MR) is 123 cm³/mol. The first-order chi connectivity index (χ1) is 15.6. The summed E-state index contributed by atoms with van der Waals surface area (Å²) in [7, 11) is 0. The van der Waals surface area contributed by atoms with Gasteiger partial charge in [-0.1, -0.05) is 0 Å². The molecule has 1 aliphatic rings. The Kier molecular flexibility index (Phi) is 9.34. The van der Waals surface area contributed by atoms with E-state index in [4.69, 9.17) is 14.2 Å². The first-order valence-electron chi connectivity index (χ1n) is 11.0. The van der Waals surface area contributed by atoms with Crippen LogP contribution in [0, 0.1) is 0 Å². The lowest BCUT2D eigenvalue weighted by Crippen LogP contribution is -2.31. The number of anilines is 2. The number of rotatable bonds is 12. The van der Waals surface area contributed by atoms with E-state index >= 15 is 0 Å². The average molecular weight is 442 g/mol. The minimum absolute atomic E-state index is 0.108. The van der Waals surface area contributed by atoms with Crippen molar-refractivity contribution in [2.24, 2.45) is 0 Å². The molecule has 1 atom stereocenters. The van der Waals surface area contributed by atoms with E-state index in [9.17, 15) is 9.59 Å². The van der Waals surface area contributed by atoms with E-state index < -0.39 is 0 Å². The van der Waals surface area contributed by atoms with Crippen molar-refractivity contribution < 1.29 is 23.8 Å². The summed E-state index contributed by atoms with van der Waals surface area (Å²) in [5.74, 6) is 0.421. The molecule has 172 valence electrons. The Morgan fingerprint density at radius 2 is 1.78 bits per heavy atom. The second kappa shape index (κ2) is 12.7. The Morgan fingerprint density at radius 1 is 1.03 bits per heavy atom. The van der Waals surface area contributed by atoms with E-state index in [0.29, 0.717) is 37.6 Å². The molecular weight excluding hydrogens is 410 g/mol. The number of carbonyl (C=O) groups is 2. The Labute approximate surface area is 188 Å². The molecule has 1 heterocycles. The van der Waals surface area contributed by atoms with Crippen molar-refractivity contribution in [3.05, 3.63) is 54.1 Å². The smallest absolute Gasteiger partial charge is 0.251 e. The van der Waals surface area contributed by atoms with Crippen molar-refractivity contribution in [2.45, 2.75) is 25.9 Å². The fourth-order valence-corrected chi connectivity index (χ4v) is 3.24. The minimum atomic E-state index is -0.173. The monoisotopic (exact) mass is 441 g/mol. The summed E-state index contributed by atoms with van der Waals surface area (Å²) in [5, 5.41) is 8.78. The highest BCUT2D eigenvalue weighted by atomic mass is 16.5. The van der Waals surface area contributed by atoms with Gasteiger partial charge < -0.3 is 30.2 Å². The summed E-state index contributed by atoms with van der Waals surface area (Å²) in [6.45, 7) is 5.03. The van der Waals surface area contributed by atoms with Crippen LogP contribution in [0.25, 0.3) is 0 Å². The van der Waals surface area contributed by atoms with Crippen LogP contribution in [0.3, 0.4) is 0 Å². The minimum Gasteiger partial charge on any atom is -0.491 e. The molecule has 1 unspecified atom stereocenters. The van der Waals surface area contributed by atoms with E-state index in [0.717, 1.165) is 30.9 Å². The number of hydrogen-bond donors (Lipinski definition) is 3. The second-order valence-corrected chi connectivity index (χ2v) is 7.39. The van der Waals surface area contributed by atoms with E-state index in [1.165, 1.54) is 0 Å². The lowest BCUT2D eigenvalue weighted by Gasteiger charge is -2.11. The van der Waals surface area contributed by atoms with Crippen LogP contribution in [-0.2, 0) is 14.3 Å². The molecule has 0 aliphatic carbocycles. The summed E-state index contributed by atoms with van der Waals surface area (Å²) < 4.78 is 16.3. The molecule has 1 aliphatic heterocycles. The van der Waals surface area contributed by atoms with Gasteiger partial charge >= 0.3 is 0 Å². The van der Waals surface area contributed by atoms with Crippen LogP contribution in [0.1, 0.15) is 30.1 Å². The topological polar surface area (TPSA) is 97.9 Å². The molecule has 0 bridgehead atoms. The molecule has 0 aromatic heterocycles. The molecule has 8 heteroatoms. The van der Waals surface area contributed by atoms with Gasteiger partial charge in [-0.25, -0.2) is 0 Å². The number of ether oxygens (including phenoxy) is 3. The third kappa shape index (κ3) is 7.86. The SMILES string of the molecule is CCOCCOc1ccc(NC(=O)CNc2ccc(C(=O)NCC3CCCO3)cc2)cc1. The zero-order chi connectivity index (χ0) is 22.6. The van der Waals surface area contributed by atoms with Crippen LogP contribution in [0.4, 0.5) is 11.4 Å². The summed E-state index contributed by atoms with van der Waals surface area (Å²) in [6, 6.07) is 14.2. The van der Waals surface area contributed by atoms with Gasteiger partial charge in [0.15, 0.2) is 0 Å². The van der Waals surface area contributed by atoms with Gasteiger partial charge in [-0.2, -0.15) is 0 Å². The summed E-state index contributed by atoms with van der Waals surface area (Å²) in [5.41, 5.74) is 2.02. The molecular formula is C24H31N3O5. The number of carbonyl (C=O) groups excluding carboxylic acids is 2. The lowest BCUT2D eigenvalue weighted by atomic mass is 10.2. The maximum atomic E-state index is 12.2. The van der Waals surface area contributed by atoms with Gasteiger partial charge in [0.2, 0.25) is 5.91 Å². The molecule has 0 radical (unpaired) electrons. The molecule has 32 heavy (non-hydrogen) atoms.